The average Bonchev–Trinajstić information content (AvgIpc) is 2.75. The number of rotatable bonds is 5. The van der Waals surface area contributed by atoms with E-state index < -0.39 is 5.92 Å². The third-order valence-corrected chi connectivity index (χ3v) is 2.43. The largest absolute Gasteiger partial charge is 0.468 e. The van der Waals surface area contributed by atoms with Crippen LogP contribution in [0.5, 0.6) is 0 Å². The molecule has 0 aromatic carbocycles. The maximum Gasteiger partial charge on any atom is 0.316 e. The van der Waals surface area contributed by atoms with Crippen LogP contribution in [0.25, 0.3) is 0 Å². The molecule has 1 unspecified atom stereocenters. The number of esters is 1. The van der Waals surface area contributed by atoms with E-state index in [1.807, 2.05) is 6.92 Å². The van der Waals surface area contributed by atoms with E-state index in [0.29, 0.717) is 17.9 Å². The number of furan rings is 1. The van der Waals surface area contributed by atoms with Crippen molar-refractivity contribution in [2.45, 2.75) is 32.6 Å². The summed E-state index contributed by atoms with van der Waals surface area (Å²) in [6.45, 7) is 3.51. The SMILES string of the molecule is CCC(=O)Cc1ccc(C(C)C(=O)OC)o1. The zero-order valence-corrected chi connectivity index (χ0v) is 9.78. The van der Waals surface area contributed by atoms with Gasteiger partial charge in [-0.2, -0.15) is 0 Å². The highest BCUT2D eigenvalue weighted by Gasteiger charge is 2.19. The van der Waals surface area contributed by atoms with Crippen LogP contribution in [-0.2, 0) is 20.7 Å². The zero-order valence-electron chi connectivity index (χ0n) is 9.78. The molecular formula is C12H16O4. The van der Waals surface area contributed by atoms with Gasteiger partial charge < -0.3 is 9.15 Å². The van der Waals surface area contributed by atoms with Crippen molar-refractivity contribution < 1.29 is 18.7 Å². The lowest BCUT2D eigenvalue weighted by Gasteiger charge is -2.05. The summed E-state index contributed by atoms with van der Waals surface area (Å²) in [6, 6.07) is 3.43. The van der Waals surface area contributed by atoms with Crippen molar-refractivity contribution in [2.24, 2.45) is 0 Å². The highest BCUT2D eigenvalue weighted by molar-refractivity contribution is 5.80. The van der Waals surface area contributed by atoms with E-state index in [2.05, 4.69) is 4.74 Å². The predicted molar refractivity (Wildman–Crippen MR) is 58.1 cm³/mol. The number of hydrogen-bond donors (Lipinski definition) is 0. The van der Waals surface area contributed by atoms with E-state index in [-0.39, 0.29) is 18.2 Å². The Morgan fingerprint density at radius 3 is 2.69 bits per heavy atom. The van der Waals surface area contributed by atoms with E-state index in [1.54, 1.807) is 19.1 Å². The minimum absolute atomic E-state index is 0.117. The fraction of sp³-hybridized carbons (Fsp3) is 0.500. The number of ketones is 1. The number of carbonyl (C=O) groups excluding carboxylic acids is 2. The van der Waals surface area contributed by atoms with Gasteiger partial charge in [0.25, 0.3) is 0 Å². The van der Waals surface area contributed by atoms with Crippen LogP contribution in [0.2, 0.25) is 0 Å². The summed E-state index contributed by atoms with van der Waals surface area (Å²) in [7, 11) is 1.34. The molecule has 0 radical (unpaired) electrons. The number of carbonyl (C=O) groups is 2. The summed E-state index contributed by atoms with van der Waals surface area (Å²) in [5, 5.41) is 0. The molecule has 1 rings (SSSR count). The normalized spacial score (nSPS) is 12.2. The Labute approximate surface area is 94.6 Å². The third kappa shape index (κ3) is 2.95. The Balaban J connectivity index is 2.71. The second-order valence-electron chi connectivity index (χ2n) is 3.62. The maximum atomic E-state index is 11.3. The van der Waals surface area contributed by atoms with Crippen LogP contribution < -0.4 is 0 Å². The van der Waals surface area contributed by atoms with E-state index in [0.717, 1.165) is 0 Å². The molecule has 88 valence electrons. The molecule has 4 nitrogen and oxygen atoms in total. The average molecular weight is 224 g/mol. The predicted octanol–water partition coefficient (Wildman–Crippen LogP) is 2.08. The summed E-state index contributed by atoms with van der Waals surface area (Å²) >= 11 is 0. The van der Waals surface area contributed by atoms with Gasteiger partial charge in [-0.15, -0.1) is 0 Å². The molecule has 16 heavy (non-hydrogen) atoms. The molecule has 1 heterocycles. The molecule has 0 spiro atoms. The molecule has 0 aliphatic heterocycles. The van der Waals surface area contributed by atoms with Crippen molar-refractivity contribution >= 4 is 11.8 Å². The second kappa shape index (κ2) is 5.49. The van der Waals surface area contributed by atoms with Crippen LogP contribution in [0.15, 0.2) is 16.5 Å². The van der Waals surface area contributed by atoms with Crippen LogP contribution in [-0.4, -0.2) is 18.9 Å². The molecule has 0 aliphatic carbocycles. The summed E-state index contributed by atoms with van der Waals surface area (Å²) in [5.74, 6) is 0.466. The van der Waals surface area contributed by atoms with Gasteiger partial charge in [-0.25, -0.2) is 0 Å². The van der Waals surface area contributed by atoms with Crippen molar-refractivity contribution in [1.29, 1.82) is 0 Å². The molecule has 0 saturated carbocycles. The highest BCUT2D eigenvalue weighted by atomic mass is 16.5. The van der Waals surface area contributed by atoms with Crippen molar-refractivity contribution in [3.63, 3.8) is 0 Å². The topological polar surface area (TPSA) is 56.5 Å². The van der Waals surface area contributed by atoms with Crippen molar-refractivity contribution in [3.8, 4) is 0 Å². The first-order valence-electron chi connectivity index (χ1n) is 5.26. The van der Waals surface area contributed by atoms with Crippen molar-refractivity contribution in [3.05, 3.63) is 23.7 Å². The van der Waals surface area contributed by atoms with Crippen LogP contribution >= 0.6 is 0 Å². The Hall–Kier alpha value is -1.58. The number of methoxy groups -OCH3 is 1. The molecule has 0 aliphatic rings. The summed E-state index contributed by atoms with van der Waals surface area (Å²) in [6.07, 6.45) is 0.771. The Morgan fingerprint density at radius 1 is 1.44 bits per heavy atom. The first kappa shape index (κ1) is 12.5. The Morgan fingerprint density at radius 2 is 2.12 bits per heavy atom. The third-order valence-electron chi connectivity index (χ3n) is 2.43. The fourth-order valence-electron chi connectivity index (χ4n) is 1.33. The molecule has 4 heteroatoms. The lowest BCUT2D eigenvalue weighted by atomic mass is 10.1. The fourth-order valence-corrected chi connectivity index (χ4v) is 1.33. The van der Waals surface area contributed by atoms with Crippen LogP contribution in [0, 0.1) is 0 Å². The number of hydrogen-bond acceptors (Lipinski definition) is 4. The molecule has 1 aromatic heterocycles. The van der Waals surface area contributed by atoms with Gasteiger partial charge in [0.2, 0.25) is 0 Å². The van der Waals surface area contributed by atoms with Gasteiger partial charge in [-0.1, -0.05) is 6.92 Å². The second-order valence-corrected chi connectivity index (χ2v) is 3.62. The quantitative estimate of drug-likeness (QED) is 0.718. The van der Waals surface area contributed by atoms with Gasteiger partial charge in [-0.3, -0.25) is 9.59 Å². The van der Waals surface area contributed by atoms with E-state index in [4.69, 9.17) is 4.42 Å². The molecular weight excluding hydrogens is 208 g/mol. The van der Waals surface area contributed by atoms with Gasteiger partial charge in [0.05, 0.1) is 13.5 Å². The van der Waals surface area contributed by atoms with Gasteiger partial charge in [0, 0.05) is 6.42 Å². The van der Waals surface area contributed by atoms with Crippen molar-refractivity contribution in [2.75, 3.05) is 7.11 Å². The minimum atomic E-state index is -0.435. The molecule has 0 fully saturated rings. The molecule has 0 N–H and O–H groups in total. The molecule has 1 atom stereocenters. The van der Waals surface area contributed by atoms with Gasteiger partial charge >= 0.3 is 5.97 Å². The number of Topliss-reactive ketones (excluding diaryl/α,β-unsaturated/α-hetero) is 1. The van der Waals surface area contributed by atoms with E-state index in [9.17, 15) is 9.59 Å². The monoisotopic (exact) mass is 224 g/mol. The van der Waals surface area contributed by atoms with Gasteiger partial charge in [0.15, 0.2) is 0 Å². The Kier molecular flexibility index (Phi) is 4.28. The summed E-state index contributed by atoms with van der Waals surface area (Å²) in [5.41, 5.74) is 0. The van der Waals surface area contributed by atoms with Crippen LogP contribution in [0.4, 0.5) is 0 Å². The highest BCUT2D eigenvalue weighted by Crippen LogP contribution is 2.20. The minimum Gasteiger partial charge on any atom is -0.468 e. The lowest BCUT2D eigenvalue weighted by Crippen LogP contribution is -2.09. The Bertz CT molecular complexity index is 378. The molecule has 0 amide bonds. The number of ether oxygens (including phenoxy) is 1. The summed E-state index contributed by atoms with van der Waals surface area (Å²) in [4.78, 5) is 22.4. The molecule has 0 bridgehead atoms. The van der Waals surface area contributed by atoms with Crippen LogP contribution in [0.1, 0.15) is 37.7 Å². The molecule has 1 aromatic rings. The standard InChI is InChI=1S/C12H16O4/c1-4-9(13)7-10-5-6-11(16-10)8(2)12(14)15-3/h5-6,8H,4,7H2,1-3H3. The van der Waals surface area contributed by atoms with Crippen molar-refractivity contribution in [1.82, 2.24) is 0 Å². The van der Waals surface area contributed by atoms with Crippen LogP contribution in [0.3, 0.4) is 0 Å². The first-order chi connectivity index (χ1) is 7.58. The smallest absolute Gasteiger partial charge is 0.316 e. The summed E-state index contributed by atoms with van der Waals surface area (Å²) < 4.78 is 10.0. The first-order valence-corrected chi connectivity index (χ1v) is 5.26. The lowest BCUT2D eigenvalue weighted by molar-refractivity contribution is -0.142. The van der Waals surface area contributed by atoms with Gasteiger partial charge in [-0.05, 0) is 19.1 Å². The zero-order chi connectivity index (χ0) is 12.1. The molecule has 0 saturated heterocycles. The van der Waals surface area contributed by atoms with E-state index in [1.165, 1.54) is 7.11 Å². The van der Waals surface area contributed by atoms with E-state index >= 15 is 0 Å². The maximum absolute atomic E-state index is 11.3. The van der Waals surface area contributed by atoms with Gasteiger partial charge in [0.1, 0.15) is 23.2 Å².